The second-order valence-corrected chi connectivity index (χ2v) is 8.17. The molecule has 9 heteroatoms. The molecule has 0 saturated carbocycles. The maximum absolute atomic E-state index is 13.3. The van der Waals surface area contributed by atoms with Gasteiger partial charge in [0, 0.05) is 5.69 Å². The van der Waals surface area contributed by atoms with E-state index in [4.69, 9.17) is 51.8 Å². The highest BCUT2D eigenvalue weighted by Crippen LogP contribution is 2.39. The SMILES string of the molecule is Cc1cc(Oc2ccc(F)cc2Cl)c(Cl)c(C)c1NC(=S)NC(=O)c1ccccc1Cl. The van der Waals surface area contributed by atoms with E-state index in [-0.39, 0.29) is 15.9 Å². The van der Waals surface area contributed by atoms with Gasteiger partial charge in [0.25, 0.3) is 5.91 Å². The summed E-state index contributed by atoms with van der Waals surface area (Å²) >= 11 is 23.8. The van der Waals surface area contributed by atoms with E-state index in [0.717, 1.165) is 11.6 Å². The van der Waals surface area contributed by atoms with Crippen molar-refractivity contribution < 1.29 is 13.9 Å². The molecule has 0 unspecified atom stereocenters. The molecule has 0 radical (unpaired) electrons. The van der Waals surface area contributed by atoms with Gasteiger partial charge in [-0.25, -0.2) is 4.39 Å². The maximum Gasteiger partial charge on any atom is 0.258 e. The molecule has 0 fully saturated rings. The first-order valence-corrected chi connectivity index (χ1v) is 10.5. The summed E-state index contributed by atoms with van der Waals surface area (Å²) in [6.07, 6.45) is 0. The predicted molar refractivity (Wildman–Crippen MR) is 128 cm³/mol. The lowest BCUT2D eigenvalue weighted by Gasteiger charge is -2.18. The highest BCUT2D eigenvalue weighted by atomic mass is 35.5. The van der Waals surface area contributed by atoms with Crippen molar-refractivity contribution in [2.75, 3.05) is 5.32 Å². The van der Waals surface area contributed by atoms with Crippen LogP contribution < -0.4 is 15.4 Å². The lowest BCUT2D eigenvalue weighted by molar-refractivity contribution is 0.0978. The van der Waals surface area contributed by atoms with Crippen LogP contribution >= 0.6 is 47.0 Å². The highest BCUT2D eigenvalue weighted by molar-refractivity contribution is 7.80. The molecule has 0 aliphatic rings. The van der Waals surface area contributed by atoms with Crippen molar-refractivity contribution in [1.29, 1.82) is 0 Å². The highest BCUT2D eigenvalue weighted by Gasteiger charge is 2.17. The van der Waals surface area contributed by atoms with Gasteiger partial charge in [-0.05, 0) is 73.6 Å². The van der Waals surface area contributed by atoms with Crippen LogP contribution in [0.2, 0.25) is 15.1 Å². The molecule has 1 amide bonds. The van der Waals surface area contributed by atoms with Crippen molar-refractivity contribution in [3.8, 4) is 11.5 Å². The normalized spacial score (nSPS) is 10.5. The fourth-order valence-corrected chi connectivity index (χ4v) is 3.64. The summed E-state index contributed by atoms with van der Waals surface area (Å²) in [5.41, 5.74) is 2.32. The Kier molecular flexibility index (Phi) is 7.38. The third-order valence-electron chi connectivity index (χ3n) is 4.36. The summed E-state index contributed by atoms with van der Waals surface area (Å²) in [6, 6.07) is 12.2. The second-order valence-electron chi connectivity index (χ2n) is 6.57. The molecule has 0 spiro atoms. The van der Waals surface area contributed by atoms with Crippen LogP contribution in [-0.4, -0.2) is 11.0 Å². The minimum absolute atomic E-state index is 0.0856. The van der Waals surface area contributed by atoms with Gasteiger partial charge in [-0.2, -0.15) is 0 Å². The van der Waals surface area contributed by atoms with Crippen LogP contribution in [0.25, 0.3) is 0 Å². The number of rotatable bonds is 4. The third-order valence-corrected chi connectivity index (χ3v) is 5.66. The number of hydrogen-bond donors (Lipinski definition) is 2. The molecule has 160 valence electrons. The van der Waals surface area contributed by atoms with E-state index < -0.39 is 11.7 Å². The Morgan fingerprint density at radius 2 is 1.71 bits per heavy atom. The first kappa shape index (κ1) is 23.3. The molecule has 4 nitrogen and oxygen atoms in total. The number of anilines is 1. The number of halogens is 4. The lowest BCUT2D eigenvalue weighted by atomic mass is 10.1. The predicted octanol–water partition coefficient (Wildman–Crippen LogP) is 7.32. The summed E-state index contributed by atoms with van der Waals surface area (Å²) in [7, 11) is 0. The number of ether oxygens (including phenoxy) is 1. The van der Waals surface area contributed by atoms with E-state index >= 15 is 0 Å². The first-order valence-electron chi connectivity index (χ1n) is 8.97. The van der Waals surface area contributed by atoms with Crippen LogP contribution in [0.1, 0.15) is 21.5 Å². The van der Waals surface area contributed by atoms with Gasteiger partial charge in [0.2, 0.25) is 0 Å². The molecule has 3 aromatic carbocycles. The summed E-state index contributed by atoms with van der Waals surface area (Å²) in [4.78, 5) is 12.4. The zero-order valence-corrected chi connectivity index (χ0v) is 19.4. The molecule has 0 aliphatic carbocycles. The molecule has 0 saturated heterocycles. The molecule has 31 heavy (non-hydrogen) atoms. The number of aryl methyl sites for hydroxylation is 1. The minimum atomic E-state index is -0.470. The van der Waals surface area contributed by atoms with Crippen LogP contribution in [0, 0.1) is 19.7 Å². The fraction of sp³-hybridized carbons (Fsp3) is 0.0909. The Hall–Kier alpha value is -2.38. The Bertz CT molecular complexity index is 1190. The Balaban J connectivity index is 1.79. The molecule has 0 bridgehead atoms. The molecule has 3 rings (SSSR count). The molecular weight excluding hydrogens is 482 g/mol. The van der Waals surface area contributed by atoms with Gasteiger partial charge in [-0.15, -0.1) is 0 Å². The standard InChI is InChI=1S/C22H16Cl3FN2O2S/c1-11-9-18(30-17-8-7-13(26)10-16(17)24)19(25)12(2)20(11)27-22(31)28-21(29)14-5-3-4-6-15(14)23/h3-10H,1-2H3,(H2,27,28,29,31). The van der Waals surface area contributed by atoms with Gasteiger partial charge in [0.1, 0.15) is 17.3 Å². The summed E-state index contributed by atoms with van der Waals surface area (Å²) in [6.45, 7) is 3.60. The number of carbonyl (C=O) groups is 1. The van der Waals surface area contributed by atoms with E-state index in [1.54, 1.807) is 37.3 Å². The number of nitrogens with one attached hydrogen (secondary N) is 2. The zero-order valence-electron chi connectivity index (χ0n) is 16.4. The smallest absolute Gasteiger partial charge is 0.258 e. The van der Waals surface area contributed by atoms with Crippen LogP contribution in [0.5, 0.6) is 11.5 Å². The molecule has 0 aliphatic heterocycles. The summed E-state index contributed by atoms with van der Waals surface area (Å²) < 4.78 is 19.0. The van der Waals surface area contributed by atoms with Crippen molar-refractivity contribution in [1.82, 2.24) is 5.32 Å². The van der Waals surface area contributed by atoms with Crippen LogP contribution in [0.15, 0.2) is 48.5 Å². The number of hydrogen-bond acceptors (Lipinski definition) is 3. The van der Waals surface area contributed by atoms with E-state index in [1.165, 1.54) is 12.1 Å². The second kappa shape index (κ2) is 9.83. The fourth-order valence-electron chi connectivity index (χ4n) is 2.83. The minimum Gasteiger partial charge on any atom is -0.454 e. The Labute approximate surface area is 199 Å². The topological polar surface area (TPSA) is 50.4 Å². The summed E-state index contributed by atoms with van der Waals surface area (Å²) in [5.74, 6) is -0.285. The van der Waals surface area contributed by atoms with Gasteiger partial charge < -0.3 is 10.1 Å². The van der Waals surface area contributed by atoms with Gasteiger partial charge in [0.15, 0.2) is 5.11 Å². The monoisotopic (exact) mass is 496 g/mol. The molecule has 2 N–H and O–H groups in total. The number of amides is 1. The first-order chi connectivity index (χ1) is 14.7. The van der Waals surface area contributed by atoms with E-state index in [1.807, 2.05) is 6.92 Å². The average Bonchev–Trinajstić information content (AvgIpc) is 2.71. The molecule has 0 atom stereocenters. The van der Waals surface area contributed by atoms with Crippen LogP contribution in [0.4, 0.5) is 10.1 Å². The van der Waals surface area contributed by atoms with Gasteiger partial charge >= 0.3 is 0 Å². The van der Waals surface area contributed by atoms with Gasteiger partial charge in [-0.1, -0.05) is 46.9 Å². The number of thiocarbonyl (C=S) groups is 1. The molecule has 0 aromatic heterocycles. The third kappa shape index (κ3) is 5.46. The van der Waals surface area contributed by atoms with E-state index in [0.29, 0.717) is 32.6 Å². The van der Waals surface area contributed by atoms with Gasteiger partial charge in [0.05, 0.1) is 20.6 Å². The largest absolute Gasteiger partial charge is 0.454 e. The van der Waals surface area contributed by atoms with Crippen molar-refractivity contribution in [3.05, 3.63) is 86.1 Å². The maximum atomic E-state index is 13.3. The Morgan fingerprint density at radius 3 is 2.39 bits per heavy atom. The zero-order chi connectivity index (χ0) is 22.7. The van der Waals surface area contributed by atoms with E-state index in [2.05, 4.69) is 10.6 Å². The quantitative estimate of drug-likeness (QED) is 0.371. The number of carbonyl (C=O) groups excluding carboxylic acids is 1. The van der Waals surface area contributed by atoms with Crippen molar-refractivity contribution >= 4 is 63.7 Å². The average molecular weight is 498 g/mol. The van der Waals surface area contributed by atoms with E-state index in [9.17, 15) is 9.18 Å². The van der Waals surface area contributed by atoms with Crippen molar-refractivity contribution in [2.24, 2.45) is 0 Å². The van der Waals surface area contributed by atoms with Crippen LogP contribution in [0.3, 0.4) is 0 Å². The Morgan fingerprint density at radius 1 is 1.00 bits per heavy atom. The van der Waals surface area contributed by atoms with Crippen molar-refractivity contribution in [2.45, 2.75) is 13.8 Å². The van der Waals surface area contributed by atoms with Gasteiger partial charge in [-0.3, -0.25) is 10.1 Å². The molecular formula is C22H16Cl3FN2O2S. The number of benzene rings is 3. The lowest BCUT2D eigenvalue weighted by Crippen LogP contribution is -2.34. The summed E-state index contributed by atoms with van der Waals surface area (Å²) in [5, 5.41) is 6.43. The van der Waals surface area contributed by atoms with Crippen LogP contribution in [-0.2, 0) is 0 Å². The molecule has 3 aromatic rings. The van der Waals surface area contributed by atoms with Crippen molar-refractivity contribution in [3.63, 3.8) is 0 Å². The molecule has 0 heterocycles.